The maximum atomic E-state index is 13.2. The Bertz CT molecular complexity index is 1070. The summed E-state index contributed by atoms with van der Waals surface area (Å²) in [5, 5.41) is 6.49. The van der Waals surface area contributed by atoms with Crippen LogP contribution in [0.2, 0.25) is 0 Å². The molecule has 0 radical (unpaired) electrons. The molecule has 31 heavy (non-hydrogen) atoms. The Morgan fingerprint density at radius 1 is 1.00 bits per heavy atom. The first-order chi connectivity index (χ1) is 15.2. The maximum absolute atomic E-state index is 13.2. The second-order valence-corrected chi connectivity index (χ2v) is 7.72. The summed E-state index contributed by atoms with van der Waals surface area (Å²) in [6.45, 7) is 2.45. The second-order valence-electron chi connectivity index (χ2n) is 7.72. The molecule has 3 aromatic carbocycles. The van der Waals surface area contributed by atoms with E-state index >= 15 is 0 Å². The lowest BCUT2D eigenvalue weighted by Gasteiger charge is -2.18. The fourth-order valence-corrected chi connectivity index (χ4v) is 3.93. The number of nitrogens with one attached hydrogen (secondary N) is 2. The van der Waals surface area contributed by atoms with Crippen LogP contribution >= 0.6 is 0 Å². The minimum absolute atomic E-state index is 0.0608. The third-order valence-corrected chi connectivity index (χ3v) is 5.62. The summed E-state index contributed by atoms with van der Waals surface area (Å²) in [4.78, 5) is 13.2. The van der Waals surface area contributed by atoms with Crippen molar-refractivity contribution in [3.63, 3.8) is 0 Å². The highest BCUT2D eigenvalue weighted by molar-refractivity contribution is 6.00. The molecule has 3 aromatic rings. The van der Waals surface area contributed by atoms with E-state index in [2.05, 4.69) is 28.8 Å². The number of hydrogen-bond acceptors (Lipinski definition) is 3. The van der Waals surface area contributed by atoms with Gasteiger partial charge in [0, 0.05) is 12.1 Å². The van der Waals surface area contributed by atoms with Crippen molar-refractivity contribution in [1.29, 1.82) is 0 Å². The lowest BCUT2D eigenvalue weighted by atomic mass is 9.91. The molecule has 1 amide bonds. The van der Waals surface area contributed by atoms with Crippen LogP contribution < -0.4 is 15.4 Å². The standard InChI is InChI=1S/C27H28N2O2/c1-31-23-10-5-9-22(18-23)24-11-6-12-25(26(24)17-20-13-15-28-16-14-20)27(30)29-19-21-7-3-2-4-8-21/h2-12,17-18,28H,13-16,19H2,1H3,(H,29,30). The molecule has 0 aliphatic carbocycles. The number of benzene rings is 3. The van der Waals surface area contributed by atoms with E-state index in [-0.39, 0.29) is 5.91 Å². The zero-order chi connectivity index (χ0) is 21.5. The van der Waals surface area contributed by atoms with Gasteiger partial charge in [-0.3, -0.25) is 4.79 Å². The van der Waals surface area contributed by atoms with E-state index in [9.17, 15) is 4.79 Å². The van der Waals surface area contributed by atoms with Crippen molar-refractivity contribution in [1.82, 2.24) is 10.6 Å². The van der Waals surface area contributed by atoms with Crippen molar-refractivity contribution >= 4 is 12.0 Å². The normalized spacial score (nSPS) is 13.5. The smallest absolute Gasteiger partial charge is 0.252 e. The summed E-state index contributed by atoms with van der Waals surface area (Å²) in [5.41, 5.74) is 6.19. The molecule has 0 atom stereocenters. The van der Waals surface area contributed by atoms with Crippen molar-refractivity contribution in [2.75, 3.05) is 20.2 Å². The molecule has 158 valence electrons. The lowest BCUT2D eigenvalue weighted by Crippen LogP contribution is -2.24. The first kappa shape index (κ1) is 20.9. The summed E-state index contributed by atoms with van der Waals surface area (Å²) >= 11 is 0. The van der Waals surface area contributed by atoms with Gasteiger partial charge in [-0.05, 0) is 66.4 Å². The zero-order valence-corrected chi connectivity index (χ0v) is 17.9. The van der Waals surface area contributed by atoms with Crippen molar-refractivity contribution in [3.05, 3.63) is 95.1 Å². The Labute approximate surface area is 184 Å². The number of hydrogen-bond donors (Lipinski definition) is 2. The van der Waals surface area contributed by atoms with Crippen molar-refractivity contribution in [2.24, 2.45) is 0 Å². The van der Waals surface area contributed by atoms with Gasteiger partial charge in [-0.25, -0.2) is 0 Å². The predicted molar refractivity (Wildman–Crippen MR) is 126 cm³/mol. The molecule has 0 spiro atoms. The Hall–Kier alpha value is -3.37. The summed E-state index contributed by atoms with van der Waals surface area (Å²) in [6, 6.07) is 23.9. The SMILES string of the molecule is COc1cccc(-c2cccc(C(=O)NCc3ccccc3)c2C=C2CCNCC2)c1. The highest BCUT2D eigenvalue weighted by atomic mass is 16.5. The number of rotatable bonds is 6. The number of ether oxygens (including phenoxy) is 1. The Balaban J connectivity index is 1.72. The molecule has 1 aliphatic heterocycles. The fraction of sp³-hybridized carbons (Fsp3) is 0.222. The quantitative estimate of drug-likeness (QED) is 0.595. The highest BCUT2D eigenvalue weighted by Crippen LogP contribution is 2.32. The van der Waals surface area contributed by atoms with Gasteiger partial charge < -0.3 is 15.4 Å². The molecule has 0 aromatic heterocycles. The molecule has 1 heterocycles. The van der Waals surface area contributed by atoms with E-state index in [1.165, 1.54) is 5.57 Å². The van der Waals surface area contributed by atoms with E-state index in [4.69, 9.17) is 4.74 Å². The summed E-state index contributed by atoms with van der Waals surface area (Å²) < 4.78 is 5.43. The molecule has 4 nitrogen and oxygen atoms in total. The number of piperidine rings is 1. The van der Waals surface area contributed by atoms with E-state index in [0.717, 1.165) is 53.9 Å². The Kier molecular flexibility index (Phi) is 6.80. The monoisotopic (exact) mass is 412 g/mol. The van der Waals surface area contributed by atoms with Crippen LogP contribution in [0.1, 0.15) is 34.3 Å². The second kappa shape index (κ2) is 10.1. The molecule has 0 bridgehead atoms. The van der Waals surface area contributed by atoms with Gasteiger partial charge in [0.05, 0.1) is 7.11 Å². The lowest BCUT2D eigenvalue weighted by molar-refractivity contribution is 0.0951. The van der Waals surface area contributed by atoms with Crippen LogP contribution in [0.5, 0.6) is 5.75 Å². The molecule has 2 N–H and O–H groups in total. The summed E-state index contributed by atoms with van der Waals surface area (Å²) in [6.07, 6.45) is 4.21. The van der Waals surface area contributed by atoms with Gasteiger partial charge in [-0.15, -0.1) is 0 Å². The third-order valence-electron chi connectivity index (χ3n) is 5.62. The molecule has 4 rings (SSSR count). The number of amides is 1. The number of methoxy groups -OCH3 is 1. The molecule has 0 saturated carbocycles. The van der Waals surface area contributed by atoms with Crippen LogP contribution in [0.25, 0.3) is 17.2 Å². The minimum atomic E-state index is -0.0608. The van der Waals surface area contributed by atoms with Crippen LogP contribution in [-0.2, 0) is 6.54 Å². The zero-order valence-electron chi connectivity index (χ0n) is 17.9. The Morgan fingerprint density at radius 3 is 2.55 bits per heavy atom. The topological polar surface area (TPSA) is 50.4 Å². The first-order valence-corrected chi connectivity index (χ1v) is 10.7. The average Bonchev–Trinajstić information content (AvgIpc) is 2.84. The van der Waals surface area contributed by atoms with Gasteiger partial charge in [-0.1, -0.05) is 66.2 Å². The van der Waals surface area contributed by atoms with Crippen LogP contribution in [-0.4, -0.2) is 26.1 Å². The van der Waals surface area contributed by atoms with Gasteiger partial charge in [0.1, 0.15) is 5.75 Å². The largest absolute Gasteiger partial charge is 0.497 e. The Morgan fingerprint density at radius 2 is 1.77 bits per heavy atom. The third kappa shape index (κ3) is 5.22. The van der Waals surface area contributed by atoms with Crippen molar-refractivity contribution in [3.8, 4) is 16.9 Å². The van der Waals surface area contributed by atoms with Gasteiger partial charge >= 0.3 is 0 Å². The van der Waals surface area contributed by atoms with Crippen LogP contribution in [0.15, 0.2) is 78.4 Å². The summed E-state index contributed by atoms with van der Waals surface area (Å²) in [7, 11) is 1.67. The van der Waals surface area contributed by atoms with Crippen molar-refractivity contribution < 1.29 is 9.53 Å². The molecule has 1 aliphatic rings. The average molecular weight is 413 g/mol. The fourth-order valence-electron chi connectivity index (χ4n) is 3.93. The molecule has 1 fully saturated rings. The van der Waals surface area contributed by atoms with Gasteiger partial charge in [0.15, 0.2) is 0 Å². The van der Waals surface area contributed by atoms with Gasteiger partial charge in [-0.2, -0.15) is 0 Å². The van der Waals surface area contributed by atoms with Gasteiger partial charge in [0.2, 0.25) is 0 Å². The van der Waals surface area contributed by atoms with E-state index in [0.29, 0.717) is 12.1 Å². The van der Waals surface area contributed by atoms with Gasteiger partial charge in [0.25, 0.3) is 5.91 Å². The molecular weight excluding hydrogens is 384 g/mol. The van der Waals surface area contributed by atoms with Crippen molar-refractivity contribution in [2.45, 2.75) is 19.4 Å². The van der Waals surface area contributed by atoms with E-state index < -0.39 is 0 Å². The summed E-state index contributed by atoms with van der Waals surface area (Å²) in [5.74, 6) is 0.742. The first-order valence-electron chi connectivity index (χ1n) is 10.7. The van der Waals surface area contributed by atoms with Crippen LogP contribution in [0.4, 0.5) is 0 Å². The van der Waals surface area contributed by atoms with E-state index in [1.807, 2.05) is 60.7 Å². The minimum Gasteiger partial charge on any atom is -0.497 e. The number of carbonyl (C=O) groups is 1. The van der Waals surface area contributed by atoms with Crippen LogP contribution in [0, 0.1) is 0 Å². The predicted octanol–water partition coefficient (Wildman–Crippen LogP) is 5.06. The molecule has 4 heteroatoms. The maximum Gasteiger partial charge on any atom is 0.252 e. The van der Waals surface area contributed by atoms with E-state index in [1.54, 1.807) is 7.11 Å². The van der Waals surface area contributed by atoms with Crippen LogP contribution in [0.3, 0.4) is 0 Å². The molecule has 0 unspecified atom stereocenters. The number of carbonyl (C=O) groups excluding carboxylic acids is 1. The highest BCUT2D eigenvalue weighted by Gasteiger charge is 2.16. The molecular formula is C27H28N2O2. The molecule has 1 saturated heterocycles.